The van der Waals surface area contributed by atoms with E-state index in [9.17, 15) is 23.1 Å². The van der Waals surface area contributed by atoms with Gasteiger partial charge in [0, 0.05) is 18.7 Å². The van der Waals surface area contributed by atoms with E-state index in [1.807, 2.05) is 0 Å². The van der Waals surface area contributed by atoms with Gasteiger partial charge in [0.1, 0.15) is 5.75 Å². The van der Waals surface area contributed by atoms with Crippen LogP contribution in [0.25, 0.3) is 11.3 Å². The maximum absolute atomic E-state index is 13.4. The predicted octanol–water partition coefficient (Wildman–Crippen LogP) is 3.47. The van der Waals surface area contributed by atoms with Crippen molar-refractivity contribution in [2.45, 2.75) is 19.0 Å². The van der Waals surface area contributed by atoms with E-state index in [0.29, 0.717) is 30.7 Å². The average Bonchev–Trinajstić information content (AvgIpc) is 2.67. The zero-order valence-electron chi connectivity index (χ0n) is 14.5. The van der Waals surface area contributed by atoms with Gasteiger partial charge in [0.05, 0.1) is 18.7 Å². The number of halogens is 3. The van der Waals surface area contributed by atoms with Gasteiger partial charge in [-0.15, -0.1) is 0 Å². The van der Waals surface area contributed by atoms with Crippen molar-refractivity contribution < 1.29 is 27.8 Å². The van der Waals surface area contributed by atoms with E-state index in [4.69, 9.17) is 4.74 Å². The van der Waals surface area contributed by atoms with Crippen LogP contribution >= 0.6 is 0 Å². The molecule has 0 bridgehead atoms. The Morgan fingerprint density at radius 1 is 1.30 bits per heavy atom. The zero-order valence-corrected chi connectivity index (χ0v) is 14.5. The van der Waals surface area contributed by atoms with Gasteiger partial charge in [-0.05, 0) is 31.0 Å². The van der Waals surface area contributed by atoms with E-state index >= 15 is 0 Å². The molecule has 1 unspecified atom stereocenters. The Labute approximate surface area is 153 Å². The predicted molar refractivity (Wildman–Crippen MR) is 91.6 cm³/mol. The average molecular weight is 381 g/mol. The number of aliphatic carboxylic acids is 1. The summed E-state index contributed by atoms with van der Waals surface area (Å²) < 4.78 is 45.2. The molecule has 2 aromatic rings. The largest absolute Gasteiger partial charge is 0.497 e. The Morgan fingerprint density at radius 3 is 2.74 bits per heavy atom. The number of aromatic nitrogens is 2. The quantitative estimate of drug-likeness (QED) is 0.874. The number of ether oxygens (including phenoxy) is 1. The van der Waals surface area contributed by atoms with Gasteiger partial charge in [-0.25, -0.2) is 9.97 Å². The lowest BCUT2D eigenvalue weighted by molar-refractivity contribution is -0.142. The van der Waals surface area contributed by atoms with Crippen LogP contribution in [0.5, 0.6) is 5.75 Å². The first kappa shape index (κ1) is 18.9. The second kappa shape index (κ2) is 7.42. The van der Waals surface area contributed by atoms with Gasteiger partial charge < -0.3 is 14.7 Å². The molecule has 9 heteroatoms. The molecule has 1 N–H and O–H groups in total. The summed E-state index contributed by atoms with van der Waals surface area (Å²) >= 11 is 0. The van der Waals surface area contributed by atoms with Gasteiger partial charge in [-0.3, -0.25) is 4.79 Å². The lowest BCUT2D eigenvalue weighted by atomic mass is 9.99. The summed E-state index contributed by atoms with van der Waals surface area (Å²) in [5, 5.41) is 9.22. The number of hydrogen-bond acceptors (Lipinski definition) is 5. The molecule has 1 aromatic carbocycles. The Bertz CT molecular complexity index is 842. The van der Waals surface area contributed by atoms with Crippen LogP contribution in [0.4, 0.5) is 19.1 Å². The van der Waals surface area contributed by atoms with E-state index in [-0.39, 0.29) is 18.2 Å². The summed E-state index contributed by atoms with van der Waals surface area (Å²) in [6.07, 6.45) is -3.62. The summed E-state index contributed by atoms with van der Waals surface area (Å²) in [6, 6.07) is 7.44. The highest BCUT2D eigenvalue weighted by atomic mass is 19.4. The van der Waals surface area contributed by atoms with Gasteiger partial charge in [-0.2, -0.15) is 13.2 Å². The minimum Gasteiger partial charge on any atom is -0.497 e. The normalized spacial score (nSPS) is 17.6. The molecular weight excluding hydrogens is 363 g/mol. The van der Waals surface area contributed by atoms with Crippen molar-refractivity contribution in [2.24, 2.45) is 5.92 Å². The number of benzene rings is 1. The fourth-order valence-electron chi connectivity index (χ4n) is 3.01. The summed E-state index contributed by atoms with van der Waals surface area (Å²) in [6.45, 7) is 0.483. The maximum atomic E-state index is 13.4. The first-order valence-corrected chi connectivity index (χ1v) is 8.36. The molecule has 1 aliphatic heterocycles. The number of rotatable bonds is 4. The molecule has 0 spiro atoms. The molecule has 0 radical (unpaired) electrons. The molecule has 1 aromatic heterocycles. The number of carbonyl (C=O) groups is 1. The summed E-state index contributed by atoms with van der Waals surface area (Å²) in [4.78, 5) is 20.7. The van der Waals surface area contributed by atoms with E-state index in [1.54, 1.807) is 24.3 Å². The van der Waals surface area contributed by atoms with Gasteiger partial charge in [0.15, 0.2) is 5.69 Å². The molecule has 1 saturated heterocycles. The van der Waals surface area contributed by atoms with Crippen LogP contribution in [0.1, 0.15) is 18.5 Å². The van der Waals surface area contributed by atoms with Crippen LogP contribution < -0.4 is 9.64 Å². The highest BCUT2D eigenvalue weighted by Crippen LogP contribution is 2.33. The standard InChI is InChI=1S/C18H18F3N3O3/c1-27-13-6-2-4-11(8-13)14-9-15(18(19,20)21)23-17(22-14)24-7-3-5-12(10-24)16(25)26/h2,4,6,8-9,12H,3,5,7,10H2,1H3,(H,25,26). The van der Waals surface area contributed by atoms with E-state index in [0.717, 1.165) is 6.07 Å². The van der Waals surface area contributed by atoms with Crippen LogP contribution in [0, 0.1) is 5.92 Å². The van der Waals surface area contributed by atoms with E-state index in [1.165, 1.54) is 12.0 Å². The summed E-state index contributed by atoms with van der Waals surface area (Å²) in [7, 11) is 1.46. The first-order chi connectivity index (χ1) is 12.8. The van der Waals surface area contributed by atoms with Crippen molar-refractivity contribution in [2.75, 3.05) is 25.1 Å². The van der Waals surface area contributed by atoms with Crippen molar-refractivity contribution in [3.8, 4) is 17.0 Å². The van der Waals surface area contributed by atoms with E-state index in [2.05, 4.69) is 9.97 Å². The highest BCUT2D eigenvalue weighted by Gasteiger charge is 2.35. The zero-order chi connectivity index (χ0) is 19.6. The number of carboxylic acids is 1. The molecule has 0 amide bonds. The van der Waals surface area contributed by atoms with Crippen LogP contribution in [-0.4, -0.2) is 41.2 Å². The highest BCUT2D eigenvalue weighted by molar-refractivity contribution is 5.71. The van der Waals surface area contributed by atoms with Gasteiger partial charge in [0.2, 0.25) is 5.95 Å². The van der Waals surface area contributed by atoms with Gasteiger partial charge in [-0.1, -0.05) is 12.1 Å². The van der Waals surface area contributed by atoms with Crippen LogP contribution in [0.2, 0.25) is 0 Å². The number of hydrogen-bond donors (Lipinski definition) is 1. The number of piperidine rings is 1. The van der Waals surface area contributed by atoms with Crippen molar-refractivity contribution in [3.63, 3.8) is 0 Å². The van der Waals surface area contributed by atoms with Gasteiger partial charge in [0.25, 0.3) is 0 Å². The number of anilines is 1. The lowest BCUT2D eigenvalue weighted by Crippen LogP contribution is -2.39. The smallest absolute Gasteiger partial charge is 0.433 e. The number of carboxylic acid groups (broad SMARTS) is 1. The fourth-order valence-corrected chi connectivity index (χ4v) is 3.01. The van der Waals surface area contributed by atoms with Crippen molar-refractivity contribution in [3.05, 3.63) is 36.0 Å². The molecule has 1 fully saturated rings. The van der Waals surface area contributed by atoms with E-state index < -0.39 is 23.8 Å². The number of alkyl halides is 3. The maximum Gasteiger partial charge on any atom is 0.433 e. The third kappa shape index (κ3) is 4.29. The fraction of sp³-hybridized carbons (Fsp3) is 0.389. The third-order valence-electron chi connectivity index (χ3n) is 4.42. The molecule has 3 rings (SSSR count). The minimum atomic E-state index is -4.65. The molecule has 1 atom stereocenters. The Hall–Kier alpha value is -2.84. The van der Waals surface area contributed by atoms with Crippen LogP contribution in [0.3, 0.4) is 0 Å². The third-order valence-corrected chi connectivity index (χ3v) is 4.42. The van der Waals surface area contributed by atoms with Gasteiger partial charge >= 0.3 is 12.1 Å². The molecule has 0 saturated carbocycles. The van der Waals surface area contributed by atoms with Crippen molar-refractivity contribution in [1.82, 2.24) is 9.97 Å². The van der Waals surface area contributed by atoms with Crippen LogP contribution in [-0.2, 0) is 11.0 Å². The summed E-state index contributed by atoms with van der Waals surface area (Å²) in [5.41, 5.74) is -0.512. The summed E-state index contributed by atoms with van der Waals surface area (Å²) in [5.74, 6) is -1.25. The Balaban J connectivity index is 2.04. The molecule has 1 aliphatic rings. The molecular formula is C18H18F3N3O3. The monoisotopic (exact) mass is 381 g/mol. The van der Waals surface area contributed by atoms with Crippen LogP contribution in [0.15, 0.2) is 30.3 Å². The Kier molecular flexibility index (Phi) is 5.20. The molecule has 144 valence electrons. The molecule has 27 heavy (non-hydrogen) atoms. The van der Waals surface area contributed by atoms with Crippen molar-refractivity contribution >= 4 is 11.9 Å². The minimum absolute atomic E-state index is 0.0776. The first-order valence-electron chi connectivity index (χ1n) is 8.36. The molecule has 0 aliphatic carbocycles. The lowest BCUT2D eigenvalue weighted by Gasteiger charge is -2.31. The second-order valence-corrected chi connectivity index (χ2v) is 6.29. The van der Waals surface area contributed by atoms with Crippen molar-refractivity contribution in [1.29, 1.82) is 0 Å². The topological polar surface area (TPSA) is 75.5 Å². The SMILES string of the molecule is COc1cccc(-c2cc(C(F)(F)F)nc(N3CCCC(C(=O)O)C3)n2)c1. The Morgan fingerprint density at radius 2 is 2.07 bits per heavy atom. The molecule has 6 nitrogen and oxygen atoms in total. The second-order valence-electron chi connectivity index (χ2n) is 6.29. The number of methoxy groups -OCH3 is 1. The molecule has 2 heterocycles. The number of nitrogens with zero attached hydrogens (tertiary/aromatic N) is 3.